The van der Waals surface area contributed by atoms with Gasteiger partial charge in [-0.25, -0.2) is 4.98 Å². The van der Waals surface area contributed by atoms with Crippen molar-refractivity contribution >= 4 is 5.91 Å². The van der Waals surface area contributed by atoms with Crippen molar-refractivity contribution in [3.63, 3.8) is 0 Å². The number of aromatic amines is 1. The van der Waals surface area contributed by atoms with Crippen molar-refractivity contribution in [3.05, 3.63) is 112 Å². The second kappa shape index (κ2) is 8.27. The topological polar surface area (TPSA) is 66.1 Å². The minimum Gasteiger partial charge on any atom is -0.334 e. The summed E-state index contributed by atoms with van der Waals surface area (Å²) in [6.07, 6.45) is 0.561. The molecule has 0 fully saturated rings. The van der Waals surface area contributed by atoms with Crippen LogP contribution in [0.2, 0.25) is 0 Å². The van der Waals surface area contributed by atoms with Gasteiger partial charge in [-0.15, -0.1) is 0 Å². The fraction of sp³-hybridized carbons (Fsp3) is 0.148. The third-order valence-corrected chi connectivity index (χ3v) is 5.89. The molecular weight excluding hydrogens is 398 g/mol. The van der Waals surface area contributed by atoms with Crippen LogP contribution in [0.15, 0.2) is 83.7 Å². The Bertz CT molecular complexity index is 1340. The molecule has 0 atom stereocenters. The van der Waals surface area contributed by atoms with Crippen LogP contribution in [0.25, 0.3) is 22.5 Å². The first-order valence-electron chi connectivity index (χ1n) is 10.7. The lowest BCUT2D eigenvalue weighted by molar-refractivity contribution is 0.0732. The monoisotopic (exact) mass is 421 g/mol. The maximum Gasteiger partial charge on any atom is 0.256 e. The number of aromatic nitrogens is 2. The van der Waals surface area contributed by atoms with Crippen molar-refractivity contribution in [2.75, 3.05) is 6.54 Å². The van der Waals surface area contributed by atoms with E-state index >= 15 is 0 Å². The van der Waals surface area contributed by atoms with Gasteiger partial charge in [0.15, 0.2) is 0 Å². The van der Waals surface area contributed by atoms with Crippen molar-refractivity contribution in [2.45, 2.75) is 19.9 Å². The zero-order valence-electron chi connectivity index (χ0n) is 17.8. The lowest BCUT2D eigenvalue weighted by Crippen LogP contribution is -2.39. The minimum absolute atomic E-state index is 0.0718. The lowest BCUT2D eigenvalue weighted by atomic mass is 10.0. The van der Waals surface area contributed by atoms with E-state index < -0.39 is 0 Å². The van der Waals surface area contributed by atoms with Gasteiger partial charge in [0, 0.05) is 24.1 Å². The molecule has 0 bridgehead atoms. The van der Waals surface area contributed by atoms with Crippen LogP contribution in [-0.4, -0.2) is 27.3 Å². The predicted molar refractivity (Wildman–Crippen MR) is 125 cm³/mol. The first kappa shape index (κ1) is 19.9. The smallest absolute Gasteiger partial charge is 0.256 e. The molecule has 1 amide bonds. The number of H-pyrrole nitrogens is 1. The van der Waals surface area contributed by atoms with Gasteiger partial charge in [0.1, 0.15) is 5.82 Å². The second-order valence-electron chi connectivity index (χ2n) is 8.13. The summed E-state index contributed by atoms with van der Waals surface area (Å²) in [5.74, 6) is 0.506. The number of hydrogen-bond donors (Lipinski definition) is 1. The number of amides is 1. The Balaban J connectivity index is 1.37. The molecule has 32 heavy (non-hydrogen) atoms. The fourth-order valence-electron chi connectivity index (χ4n) is 4.15. The number of hydrogen-bond acceptors (Lipinski definition) is 3. The summed E-state index contributed by atoms with van der Waals surface area (Å²) in [6.45, 7) is 2.82. The molecule has 5 nitrogen and oxygen atoms in total. The molecular formula is C27H23N3O2. The van der Waals surface area contributed by atoms with E-state index in [1.165, 1.54) is 0 Å². The maximum absolute atomic E-state index is 13.1. The molecule has 1 aliphatic rings. The molecule has 2 heterocycles. The van der Waals surface area contributed by atoms with E-state index in [9.17, 15) is 9.59 Å². The van der Waals surface area contributed by atoms with Gasteiger partial charge in [0.25, 0.3) is 11.5 Å². The van der Waals surface area contributed by atoms with Crippen molar-refractivity contribution in [3.8, 4) is 22.5 Å². The fourth-order valence-corrected chi connectivity index (χ4v) is 4.15. The summed E-state index contributed by atoms with van der Waals surface area (Å²) in [4.78, 5) is 35.2. The number of benzene rings is 3. The molecule has 3 aromatic carbocycles. The molecule has 4 aromatic rings. The summed E-state index contributed by atoms with van der Waals surface area (Å²) >= 11 is 0. The van der Waals surface area contributed by atoms with Crippen molar-refractivity contribution in [1.29, 1.82) is 0 Å². The van der Waals surface area contributed by atoms with Crippen molar-refractivity contribution < 1.29 is 4.79 Å². The maximum atomic E-state index is 13.1. The van der Waals surface area contributed by atoms with Crippen molar-refractivity contribution in [1.82, 2.24) is 14.9 Å². The standard InChI is InChI=1S/C27H23N3O2/c1-18-6-5-9-22(16-18)25-28-24-14-15-30(17-23(24)26(31)29-25)27(32)21-12-10-20(11-13-21)19-7-3-2-4-8-19/h2-13,16H,14-15,17H2,1H3,(H,28,29,31). The molecule has 158 valence electrons. The molecule has 1 aromatic heterocycles. The van der Waals surface area contributed by atoms with Crippen LogP contribution >= 0.6 is 0 Å². The Morgan fingerprint density at radius 3 is 2.38 bits per heavy atom. The number of nitrogens with zero attached hydrogens (tertiary/aromatic N) is 2. The summed E-state index contributed by atoms with van der Waals surface area (Å²) < 4.78 is 0. The number of carbonyl (C=O) groups is 1. The molecule has 0 spiro atoms. The SMILES string of the molecule is Cc1cccc(-c2nc3c(c(=O)[nH]2)CN(C(=O)c2ccc(-c4ccccc4)cc2)CC3)c1. The van der Waals surface area contributed by atoms with Crippen LogP contribution in [0, 0.1) is 6.92 Å². The Morgan fingerprint density at radius 2 is 1.62 bits per heavy atom. The van der Waals surface area contributed by atoms with Crippen LogP contribution in [0.4, 0.5) is 0 Å². The van der Waals surface area contributed by atoms with E-state index in [1.54, 1.807) is 4.90 Å². The zero-order chi connectivity index (χ0) is 22.1. The average molecular weight is 422 g/mol. The third kappa shape index (κ3) is 3.85. The number of nitrogens with one attached hydrogen (secondary N) is 1. The largest absolute Gasteiger partial charge is 0.334 e. The Kier molecular flexibility index (Phi) is 5.15. The Morgan fingerprint density at radius 1 is 0.906 bits per heavy atom. The van der Waals surface area contributed by atoms with E-state index in [2.05, 4.69) is 4.98 Å². The molecule has 5 rings (SSSR count). The minimum atomic E-state index is -0.177. The molecule has 0 saturated carbocycles. The van der Waals surface area contributed by atoms with Gasteiger partial charge in [-0.2, -0.15) is 0 Å². The molecule has 5 heteroatoms. The molecule has 0 unspecified atom stereocenters. The summed E-state index contributed by atoms with van der Waals surface area (Å²) in [6, 6.07) is 25.6. The van der Waals surface area contributed by atoms with E-state index in [1.807, 2.05) is 85.8 Å². The van der Waals surface area contributed by atoms with Gasteiger partial charge in [0.05, 0.1) is 17.8 Å². The number of fused-ring (bicyclic) bond motifs is 1. The highest BCUT2D eigenvalue weighted by Gasteiger charge is 2.25. The van der Waals surface area contributed by atoms with Crippen LogP contribution in [0.1, 0.15) is 27.2 Å². The number of carbonyl (C=O) groups excluding carboxylic acids is 1. The third-order valence-electron chi connectivity index (χ3n) is 5.89. The van der Waals surface area contributed by atoms with Gasteiger partial charge in [-0.3, -0.25) is 9.59 Å². The highest BCUT2D eigenvalue weighted by molar-refractivity contribution is 5.94. The molecule has 0 aliphatic carbocycles. The van der Waals surface area contributed by atoms with Crippen LogP contribution in [-0.2, 0) is 13.0 Å². The van der Waals surface area contributed by atoms with Gasteiger partial charge < -0.3 is 9.88 Å². The van der Waals surface area contributed by atoms with E-state index in [4.69, 9.17) is 4.98 Å². The highest BCUT2D eigenvalue weighted by Crippen LogP contribution is 2.23. The van der Waals surface area contributed by atoms with E-state index in [-0.39, 0.29) is 18.0 Å². The second-order valence-corrected chi connectivity index (χ2v) is 8.13. The van der Waals surface area contributed by atoms with E-state index in [0.717, 1.165) is 27.9 Å². The first-order chi connectivity index (χ1) is 15.6. The average Bonchev–Trinajstić information content (AvgIpc) is 2.84. The molecule has 0 radical (unpaired) electrons. The predicted octanol–water partition coefficient (Wildman–Crippen LogP) is 4.61. The normalized spacial score (nSPS) is 13.0. The van der Waals surface area contributed by atoms with Crippen molar-refractivity contribution in [2.24, 2.45) is 0 Å². The van der Waals surface area contributed by atoms with Gasteiger partial charge >= 0.3 is 0 Å². The summed E-state index contributed by atoms with van der Waals surface area (Å²) in [7, 11) is 0. The molecule has 1 aliphatic heterocycles. The molecule has 1 N–H and O–H groups in total. The summed E-state index contributed by atoms with van der Waals surface area (Å²) in [5, 5.41) is 0. The lowest BCUT2D eigenvalue weighted by Gasteiger charge is -2.28. The Hall–Kier alpha value is -3.99. The van der Waals surface area contributed by atoms with Gasteiger partial charge in [-0.05, 0) is 36.2 Å². The quantitative estimate of drug-likeness (QED) is 0.525. The van der Waals surface area contributed by atoms with Crippen LogP contribution in [0.5, 0.6) is 0 Å². The zero-order valence-corrected chi connectivity index (χ0v) is 17.8. The van der Waals surface area contributed by atoms with E-state index in [0.29, 0.717) is 29.9 Å². The number of aryl methyl sites for hydroxylation is 1. The highest BCUT2D eigenvalue weighted by atomic mass is 16.2. The first-order valence-corrected chi connectivity index (χ1v) is 10.7. The number of rotatable bonds is 3. The van der Waals surface area contributed by atoms with Gasteiger partial charge in [0.2, 0.25) is 0 Å². The molecule has 0 saturated heterocycles. The Labute approximate surface area is 186 Å². The van der Waals surface area contributed by atoms with Crippen LogP contribution < -0.4 is 5.56 Å². The van der Waals surface area contributed by atoms with Gasteiger partial charge in [-0.1, -0.05) is 66.2 Å². The summed E-state index contributed by atoms with van der Waals surface area (Å²) in [5.41, 5.74) is 5.96. The van der Waals surface area contributed by atoms with Crippen LogP contribution in [0.3, 0.4) is 0 Å².